The lowest BCUT2D eigenvalue weighted by molar-refractivity contribution is 0.0953. The molecule has 2 aromatic carbocycles. The van der Waals surface area contributed by atoms with Crippen LogP contribution in [-0.4, -0.2) is 38.3 Å². The lowest BCUT2D eigenvalue weighted by Crippen LogP contribution is -2.25. The molecule has 2 N–H and O–H groups in total. The Morgan fingerprint density at radius 2 is 1.86 bits per heavy atom. The van der Waals surface area contributed by atoms with E-state index < -0.39 is 0 Å². The van der Waals surface area contributed by atoms with Gasteiger partial charge in [-0.2, -0.15) is 0 Å². The first kappa shape index (κ1) is 22.6. The van der Waals surface area contributed by atoms with Gasteiger partial charge in [0.2, 0.25) is 5.95 Å². The number of hydrogen-bond donors (Lipinski definition) is 2. The van der Waals surface area contributed by atoms with Crippen LogP contribution in [0.2, 0.25) is 0 Å². The van der Waals surface area contributed by atoms with E-state index >= 15 is 0 Å². The highest BCUT2D eigenvalue weighted by Crippen LogP contribution is 2.33. The van der Waals surface area contributed by atoms with Crippen molar-refractivity contribution in [2.24, 2.45) is 0 Å². The Hall–Kier alpha value is -4.18. The summed E-state index contributed by atoms with van der Waals surface area (Å²) in [7, 11) is 0. The number of halogens is 2. The molecule has 35 heavy (non-hydrogen) atoms. The highest BCUT2D eigenvalue weighted by molar-refractivity contribution is 7.15. The normalized spacial score (nSPS) is 11.0. The van der Waals surface area contributed by atoms with Crippen LogP contribution in [0.15, 0.2) is 72.4 Å². The van der Waals surface area contributed by atoms with Crippen molar-refractivity contribution in [2.75, 3.05) is 18.4 Å². The maximum Gasteiger partial charge on any atom is 0.251 e. The maximum atomic E-state index is 13.9. The molecule has 0 aliphatic rings. The number of aromatic nitrogens is 4. The van der Waals surface area contributed by atoms with Crippen molar-refractivity contribution < 1.29 is 13.6 Å². The highest BCUT2D eigenvalue weighted by Gasteiger charge is 2.18. The van der Waals surface area contributed by atoms with Crippen LogP contribution in [0.3, 0.4) is 0 Å². The number of thiazole rings is 1. The summed E-state index contributed by atoms with van der Waals surface area (Å²) in [6, 6.07) is 13.5. The summed E-state index contributed by atoms with van der Waals surface area (Å²) in [5.41, 5.74) is 3.12. The van der Waals surface area contributed by atoms with Gasteiger partial charge in [0.1, 0.15) is 17.3 Å². The largest absolute Gasteiger partial charge is 0.354 e. The predicted molar refractivity (Wildman–Crippen MR) is 131 cm³/mol. The lowest BCUT2D eigenvalue weighted by atomic mass is 10.1. The van der Waals surface area contributed by atoms with Crippen LogP contribution in [0.4, 0.5) is 14.7 Å². The van der Waals surface area contributed by atoms with Gasteiger partial charge in [0.05, 0.1) is 11.4 Å². The Kier molecular flexibility index (Phi) is 6.44. The van der Waals surface area contributed by atoms with Crippen molar-refractivity contribution in [3.8, 4) is 22.6 Å². The fourth-order valence-corrected chi connectivity index (χ4v) is 4.35. The molecule has 0 atom stereocenters. The topological polar surface area (TPSA) is 84.2 Å². The number of imidazole rings is 1. The second-order valence-corrected chi connectivity index (χ2v) is 8.56. The average Bonchev–Trinajstić information content (AvgIpc) is 3.46. The third-order valence-electron chi connectivity index (χ3n) is 5.29. The van der Waals surface area contributed by atoms with Crippen molar-refractivity contribution in [2.45, 2.75) is 6.42 Å². The number of nitrogens with one attached hydrogen (secondary N) is 2. The Morgan fingerprint density at radius 1 is 1.00 bits per heavy atom. The van der Waals surface area contributed by atoms with Crippen LogP contribution < -0.4 is 10.6 Å². The molecule has 0 saturated heterocycles. The van der Waals surface area contributed by atoms with Gasteiger partial charge in [0.15, 0.2) is 4.96 Å². The van der Waals surface area contributed by atoms with Crippen LogP contribution in [0.25, 0.3) is 27.6 Å². The molecule has 1 amide bonds. The van der Waals surface area contributed by atoms with Crippen LogP contribution in [-0.2, 0) is 0 Å². The number of rotatable bonds is 8. The molecular weight excluding hydrogens is 470 g/mol. The van der Waals surface area contributed by atoms with Crippen LogP contribution >= 0.6 is 11.3 Å². The number of fused-ring (bicyclic) bond motifs is 1. The molecule has 0 spiro atoms. The van der Waals surface area contributed by atoms with Crippen molar-refractivity contribution in [3.05, 3.63) is 89.6 Å². The molecule has 5 rings (SSSR count). The van der Waals surface area contributed by atoms with E-state index in [0.717, 1.165) is 10.7 Å². The quantitative estimate of drug-likeness (QED) is 0.298. The van der Waals surface area contributed by atoms with E-state index in [-0.39, 0.29) is 17.5 Å². The minimum Gasteiger partial charge on any atom is -0.354 e. The number of carbonyl (C=O) groups is 1. The maximum absolute atomic E-state index is 13.9. The van der Waals surface area contributed by atoms with Gasteiger partial charge >= 0.3 is 0 Å². The second kappa shape index (κ2) is 9.98. The predicted octanol–water partition coefficient (Wildman–Crippen LogP) is 5.03. The minimum atomic E-state index is -0.383. The van der Waals surface area contributed by atoms with E-state index in [1.54, 1.807) is 18.3 Å². The van der Waals surface area contributed by atoms with Gasteiger partial charge in [0, 0.05) is 42.0 Å². The zero-order valence-electron chi connectivity index (χ0n) is 18.4. The van der Waals surface area contributed by atoms with Gasteiger partial charge in [-0.15, -0.1) is 11.3 Å². The Labute approximate surface area is 203 Å². The minimum absolute atomic E-state index is 0.256. The molecule has 7 nitrogen and oxygen atoms in total. The van der Waals surface area contributed by atoms with Gasteiger partial charge in [-0.1, -0.05) is 12.1 Å². The molecule has 3 heterocycles. The van der Waals surface area contributed by atoms with Crippen molar-refractivity contribution >= 4 is 28.2 Å². The number of carbonyl (C=O) groups excluding carboxylic acids is 1. The van der Waals surface area contributed by atoms with E-state index in [4.69, 9.17) is 4.98 Å². The lowest BCUT2D eigenvalue weighted by Gasteiger charge is -2.09. The summed E-state index contributed by atoms with van der Waals surface area (Å²) < 4.78 is 28.8. The number of hydrogen-bond acceptors (Lipinski definition) is 6. The van der Waals surface area contributed by atoms with E-state index in [1.807, 2.05) is 22.0 Å². The van der Waals surface area contributed by atoms with Crippen LogP contribution in [0.5, 0.6) is 0 Å². The van der Waals surface area contributed by atoms with Crippen molar-refractivity contribution in [3.63, 3.8) is 0 Å². The smallest absolute Gasteiger partial charge is 0.251 e. The zero-order chi connectivity index (χ0) is 24.2. The van der Waals surface area contributed by atoms with E-state index in [2.05, 4.69) is 20.6 Å². The van der Waals surface area contributed by atoms with Gasteiger partial charge in [-0.25, -0.2) is 23.7 Å². The molecule has 3 aromatic heterocycles. The van der Waals surface area contributed by atoms with Gasteiger partial charge < -0.3 is 10.6 Å². The van der Waals surface area contributed by atoms with E-state index in [0.29, 0.717) is 48.0 Å². The Balaban J connectivity index is 1.27. The van der Waals surface area contributed by atoms with Crippen molar-refractivity contribution in [1.29, 1.82) is 0 Å². The first-order chi connectivity index (χ1) is 17.1. The molecule has 0 aliphatic heterocycles. The third-order valence-corrected chi connectivity index (χ3v) is 6.04. The zero-order valence-corrected chi connectivity index (χ0v) is 19.2. The summed E-state index contributed by atoms with van der Waals surface area (Å²) >= 11 is 1.49. The Bertz CT molecular complexity index is 1480. The SMILES string of the molecule is O=C(NCCCNc1nccc(-c2c(-c3cccc(F)c3)nc3sccn23)n1)c1ccc(F)cc1. The average molecular weight is 491 g/mol. The van der Waals surface area contributed by atoms with Crippen LogP contribution in [0, 0.1) is 11.6 Å². The van der Waals surface area contributed by atoms with Crippen LogP contribution in [0.1, 0.15) is 16.8 Å². The molecule has 0 saturated carbocycles. The van der Waals surface area contributed by atoms with Gasteiger partial charge in [-0.05, 0) is 48.9 Å². The fourth-order valence-electron chi connectivity index (χ4n) is 3.64. The molecule has 0 unspecified atom stereocenters. The third kappa shape index (κ3) is 5.02. The molecular formula is C25H20F2N6OS. The first-order valence-corrected chi connectivity index (χ1v) is 11.8. The standard InChI is InChI=1S/C25H20F2N6OS/c26-18-7-5-16(6-8-18)23(34)28-10-2-11-29-24-30-12-9-20(31-24)22-21(17-3-1-4-19(27)15-17)32-25-33(22)13-14-35-25/h1,3-9,12-15H,2,10-11H2,(H,28,34)(H,29,30,31). The van der Waals surface area contributed by atoms with E-state index in [9.17, 15) is 13.6 Å². The number of nitrogens with zero attached hydrogens (tertiary/aromatic N) is 4. The summed E-state index contributed by atoms with van der Waals surface area (Å²) in [4.78, 5) is 26.5. The number of amides is 1. The molecule has 5 aromatic rings. The molecule has 0 bridgehead atoms. The molecule has 176 valence electrons. The van der Waals surface area contributed by atoms with E-state index in [1.165, 1.54) is 47.7 Å². The fraction of sp³-hybridized carbons (Fsp3) is 0.120. The summed E-state index contributed by atoms with van der Waals surface area (Å²) in [5, 5.41) is 7.90. The summed E-state index contributed by atoms with van der Waals surface area (Å²) in [6.07, 6.45) is 4.20. The molecule has 10 heteroatoms. The Morgan fingerprint density at radius 3 is 2.69 bits per heavy atom. The summed E-state index contributed by atoms with van der Waals surface area (Å²) in [6.45, 7) is 0.967. The monoisotopic (exact) mass is 490 g/mol. The first-order valence-electron chi connectivity index (χ1n) is 10.9. The number of benzene rings is 2. The summed E-state index contributed by atoms with van der Waals surface area (Å²) in [5.74, 6) is -0.538. The molecule has 0 aliphatic carbocycles. The van der Waals surface area contributed by atoms with Crippen molar-refractivity contribution in [1.82, 2.24) is 24.7 Å². The molecule has 0 radical (unpaired) electrons. The highest BCUT2D eigenvalue weighted by atomic mass is 32.1. The van der Waals surface area contributed by atoms with Gasteiger partial charge in [0.25, 0.3) is 5.91 Å². The molecule has 0 fully saturated rings. The van der Waals surface area contributed by atoms with Gasteiger partial charge in [-0.3, -0.25) is 9.20 Å². The number of anilines is 1. The second-order valence-electron chi connectivity index (χ2n) is 7.68.